The highest BCUT2D eigenvalue weighted by molar-refractivity contribution is 5.97. The standard InChI is InChI=1S/C11H10F2N2O4/c12-6-4-7(13)8(3-5(6)11(14)19)15-9(16)1-2-10(17)18/h3-4H,1-2H2,(H2,14,19)(H,15,16)(H,17,18). The van der Waals surface area contributed by atoms with Crippen LogP contribution in [-0.4, -0.2) is 22.9 Å². The van der Waals surface area contributed by atoms with E-state index in [9.17, 15) is 23.2 Å². The van der Waals surface area contributed by atoms with Crippen LogP contribution in [0.1, 0.15) is 23.2 Å². The van der Waals surface area contributed by atoms with Crippen molar-refractivity contribution in [1.82, 2.24) is 0 Å². The Kier molecular flexibility index (Phi) is 4.51. The maximum absolute atomic E-state index is 13.3. The molecule has 0 fully saturated rings. The van der Waals surface area contributed by atoms with Gasteiger partial charge in [0, 0.05) is 12.5 Å². The molecule has 0 saturated heterocycles. The monoisotopic (exact) mass is 272 g/mol. The highest BCUT2D eigenvalue weighted by Crippen LogP contribution is 2.19. The second-order valence-corrected chi connectivity index (χ2v) is 3.62. The fourth-order valence-corrected chi connectivity index (χ4v) is 1.27. The summed E-state index contributed by atoms with van der Waals surface area (Å²) in [6.07, 6.45) is -0.810. The van der Waals surface area contributed by atoms with Crippen LogP contribution in [0.2, 0.25) is 0 Å². The molecule has 2 amide bonds. The Morgan fingerprint density at radius 2 is 1.79 bits per heavy atom. The normalized spacial score (nSPS) is 10.0. The van der Waals surface area contributed by atoms with Crippen molar-refractivity contribution in [2.75, 3.05) is 5.32 Å². The van der Waals surface area contributed by atoms with Gasteiger partial charge in [0.25, 0.3) is 5.91 Å². The van der Waals surface area contributed by atoms with Gasteiger partial charge in [0.2, 0.25) is 5.91 Å². The molecule has 4 N–H and O–H groups in total. The van der Waals surface area contributed by atoms with Crippen LogP contribution in [0.25, 0.3) is 0 Å². The van der Waals surface area contributed by atoms with E-state index in [1.807, 2.05) is 5.32 Å². The van der Waals surface area contributed by atoms with Gasteiger partial charge in [-0.25, -0.2) is 8.78 Å². The molecule has 0 aliphatic heterocycles. The largest absolute Gasteiger partial charge is 0.481 e. The lowest BCUT2D eigenvalue weighted by molar-refractivity contribution is -0.138. The van der Waals surface area contributed by atoms with E-state index in [1.54, 1.807) is 0 Å². The number of aliphatic carboxylic acids is 1. The average Bonchev–Trinajstić information content (AvgIpc) is 2.29. The zero-order chi connectivity index (χ0) is 14.6. The fraction of sp³-hybridized carbons (Fsp3) is 0.182. The summed E-state index contributed by atoms with van der Waals surface area (Å²) in [5.41, 5.74) is 3.86. The van der Waals surface area contributed by atoms with E-state index in [0.29, 0.717) is 6.07 Å². The number of benzene rings is 1. The molecule has 0 unspecified atom stereocenters. The molecule has 0 spiro atoms. The molecule has 0 aliphatic carbocycles. The van der Waals surface area contributed by atoms with Crippen molar-refractivity contribution in [2.45, 2.75) is 12.8 Å². The molecular weight excluding hydrogens is 262 g/mol. The highest BCUT2D eigenvalue weighted by Gasteiger charge is 2.15. The summed E-state index contributed by atoms with van der Waals surface area (Å²) in [7, 11) is 0. The Morgan fingerprint density at radius 1 is 1.16 bits per heavy atom. The summed E-state index contributed by atoms with van der Waals surface area (Å²) in [6.45, 7) is 0. The van der Waals surface area contributed by atoms with Crippen LogP contribution >= 0.6 is 0 Å². The third kappa shape index (κ3) is 4.02. The van der Waals surface area contributed by atoms with Crippen molar-refractivity contribution >= 4 is 23.5 Å². The molecule has 102 valence electrons. The van der Waals surface area contributed by atoms with Gasteiger partial charge in [0.1, 0.15) is 11.6 Å². The number of halogens is 2. The molecule has 0 saturated carbocycles. The third-order valence-electron chi connectivity index (χ3n) is 2.16. The lowest BCUT2D eigenvalue weighted by Crippen LogP contribution is -2.17. The molecule has 0 aliphatic rings. The summed E-state index contributed by atoms with van der Waals surface area (Å²) >= 11 is 0. The SMILES string of the molecule is NC(=O)c1cc(NC(=O)CCC(=O)O)c(F)cc1F. The molecule has 0 bridgehead atoms. The number of carbonyl (C=O) groups excluding carboxylic acids is 2. The number of hydrogen-bond donors (Lipinski definition) is 3. The van der Waals surface area contributed by atoms with Crippen LogP contribution < -0.4 is 11.1 Å². The summed E-state index contributed by atoms with van der Waals surface area (Å²) < 4.78 is 26.5. The quantitative estimate of drug-likeness (QED) is 0.738. The van der Waals surface area contributed by atoms with Crippen molar-refractivity contribution in [2.24, 2.45) is 5.73 Å². The molecule has 0 atom stereocenters. The number of rotatable bonds is 5. The summed E-state index contributed by atoms with van der Waals surface area (Å²) in [5, 5.41) is 10.4. The second-order valence-electron chi connectivity index (χ2n) is 3.62. The molecule has 0 heterocycles. The number of nitrogens with two attached hydrogens (primary N) is 1. The number of primary amides is 1. The van der Waals surface area contributed by atoms with Crippen LogP contribution in [0, 0.1) is 11.6 Å². The molecule has 0 radical (unpaired) electrons. The minimum atomic E-state index is -1.19. The van der Waals surface area contributed by atoms with Crippen LogP contribution in [0.5, 0.6) is 0 Å². The lowest BCUT2D eigenvalue weighted by atomic mass is 10.1. The van der Waals surface area contributed by atoms with Crippen molar-refractivity contribution in [1.29, 1.82) is 0 Å². The maximum atomic E-state index is 13.3. The number of nitrogens with one attached hydrogen (secondary N) is 1. The van der Waals surface area contributed by atoms with Gasteiger partial charge in [-0.2, -0.15) is 0 Å². The van der Waals surface area contributed by atoms with Crippen LogP contribution in [0.4, 0.5) is 14.5 Å². The average molecular weight is 272 g/mol. The van der Waals surface area contributed by atoms with Crippen molar-refractivity contribution < 1.29 is 28.3 Å². The lowest BCUT2D eigenvalue weighted by Gasteiger charge is -2.08. The van der Waals surface area contributed by atoms with Crippen molar-refractivity contribution in [3.63, 3.8) is 0 Å². The van der Waals surface area contributed by atoms with Gasteiger partial charge in [-0.1, -0.05) is 0 Å². The first-order valence-corrected chi connectivity index (χ1v) is 5.11. The number of carbonyl (C=O) groups is 3. The predicted octanol–water partition coefficient (Wildman–Crippen LogP) is 0.867. The highest BCUT2D eigenvalue weighted by atomic mass is 19.1. The molecule has 1 aromatic rings. The Morgan fingerprint density at radius 3 is 2.32 bits per heavy atom. The molecule has 8 heteroatoms. The number of hydrogen-bond acceptors (Lipinski definition) is 3. The first-order valence-electron chi connectivity index (χ1n) is 5.11. The van der Waals surface area contributed by atoms with Crippen molar-refractivity contribution in [3.05, 3.63) is 29.3 Å². The van der Waals surface area contributed by atoms with Crippen LogP contribution in [0.15, 0.2) is 12.1 Å². The zero-order valence-electron chi connectivity index (χ0n) is 9.57. The van der Waals surface area contributed by atoms with Gasteiger partial charge in [-0.15, -0.1) is 0 Å². The van der Waals surface area contributed by atoms with E-state index in [1.165, 1.54) is 0 Å². The van der Waals surface area contributed by atoms with E-state index in [-0.39, 0.29) is 6.42 Å². The Hall–Kier alpha value is -2.51. The van der Waals surface area contributed by atoms with Crippen molar-refractivity contribution in [3.8, 4) is 0 Å². The molecular formula is C11H10F2N2O4. The first kappa shape index (κ1) is 14.6. The number of anilines is 1. The minimum Gasteiger partial charge on any atom is -0.481 e. The van der Waals surface area contributed by atoms with Gasteiger partial charge < -0.3 is 16.2 Å². The van der Waals surface area contributed by atoms with E-state index < -0.39 is 47.1 Å². The Bertz CT molecular complexity index is 546. The van der Waals surface area contributed by atoms with Crippen LogP contribution in [0.3, 0.4) is 0 Å². The van der Waals surface area contributed by atoms with Gasteiger partial charge >= 0.3 is 5.97 Å². The molecule has 0 aromatic heterocycles. The van der Waals surface area contributed by atoms with E-state index in [0.717, 1.165) is 6.07 Å². The summed E-state index contributed by atoms with van der Waals surface area (Å²) in [4.78, 5) is 32.4. The van der Waals surface area contributed by atoms with E-state index in [4.69, 9.17) is 10.8 Å². The van der Waals surface area contributed by atoms with Gasteiger partial charge in [-0.3, -0.25) is 14.4 Å². The Balaban J connectivity index is 2.89. The first-order chi connectivity index (χ1) is 8.81. The Labute approximate surface area is 106 Å². The number of amides is 2. The van der Waals surface area contributed by atoms with Gasteiger partial charge in [0.05, 0.1) is 17.7 Å². The number of carboxylic acid groups (broad SMARTS) is 1. The number of carboxylic acids is 1. The van der Waals surface area contributed by atoms with Crippen LogP contribution in [-0.2, 0) is 9.59 Å². The summed E-state index contributed by atoms with van der Waals surface area (Å²) in [6, 6.07) is 1.17. The van der Waals surface area contributed by atoms with E-state index in [2.05, 4.69) is 0 Å². The molecule has 1 rings (SSSR count). The molecule has 19 heavy (non-hydrogen) atoms. The van der Waals surface area contributed by atoms with Gasteiger partial charge in [0.15, 0.2) is 0 Å². The smallest absolute Gasteiger partial charge is 0.303 e. The van der Waals surface area contributed by atoms with E-state index >= 15 is 0 Å². The maximum Gasteiger partial charge on any atom is 0.303 e. The summed E-state index contributed by atoms with van der Waals surface area (Å²) in [5.74, 6) is -5.31. The third-order valence-corrected chi connectivity index (χ3v) is 2.16. The zero-order valence-corrected chi connectivity index (χ0v) is 9.57. The molecule has 6 nitrogen and oxygen atoms in total. The van der Waals surface area contributed by atoms with Gasteiger partial charge in [-0.05, 0) is 6.07 Å². The minimum absolute atomic E-state index is 0.377. The predicted molar refractivity (Wildman–Crippen MR) is 60.4 cm³/mol. The fourth-order valence-electron chi connectivity index (χ4n) is 1.27. The molecule has 1 aromatic carbocycles. The topological polar surface area (TPSA) is 109 Å². The second kappa shape index (κ2) is 5.89.